The lowest BCUT2D eigenvalue weighted by Gasteiger charge is -2.27. The van der Waals surface area contributed by atoms with Crippen molar-refractivity contribution in [1.29, 1.82) is 0 Å². The van der Waals surface area contributed by atoms with Crippen LogP contribution in [0.5, 0.6) is 5.75 Å². The van der Waals surface area contributed by atoms with Crippen molar-refractivity contribution in [3.05, 3.63) is 29.3 Å². The van der Waals surface area contributed by atoms with E-state index in [9.17, 15) is 5.11 Å². The molecule has 3 heteroatoms. The highest BCUT2D eigenvalue weighted by atomic mass is 16.5. The number of piperidine rings is 1. The van der Waals surface area contributed by atoms with Gasteiger partial charge in [0.15, 0.2) is 0 Å². The van der Waals surface area contributed by atoms with Crippen LogP contribution in [0.25, 0.3) is 0 Å². The molecular weight excluding hydrogens is 238 g/mol. The van der Waals surface area contributed by atoms with Crippen molar-refractivity contribution in [2.24, 2.45) is 5.92 Å². The van der Waals surface area contributed by atoms with Gasteiger partial charge in [0.1, 0.15) is 11.4 Å². The van der Waals surface area contributed by atoms with Crippen LogP contribution in [0.3, 0.4) is 0 Å². The third kappa shape index (κ3) is 2.63. The van der Waals surface area contributed by atoms with Crippen LogP contribution in [0.1, 0.15) is 43.9 Å². The van der Waals surface area contributed by atoms with Gasteiger partial charge in [0.25, 0.3) is 0 Å². The fourth-order valence-corrected chi connectivity index (χ4v) is 3.25. The summed E-state index contributed by atoms with van der Waals surface area (Å²) in [5, 5.41) is 13.9. The minimum atomic E-state index is -0.337. The van der Waals surface area contributed by atoms with E-state index in [1.807, 2.05) is 12.1 Å². The van der Waals surface area contributed by atoms with E-state index in [1.165, 1.54) is 5.56 Å². The molecule has 1 aromatic rings. The zero-order valence-corrected chi connectivity index (χ0v) is 11.8. The Kier molecular flexibility index (Phi) is 3.27. The Hall–Kier alpha value is -1.06. The van der Waals surface area contributed by atoms with Crippen LogP contribution in [0.4, 0.5) is 0 Å². The highest BCUT2D eigenvalue weighted by molar-refractivity contribution is 5.42. The van der Waals surface area contributed by atoms with Gasteiger partial charge in [0.2, 0.25) is 0 Å². The van der Waals surface area contributed by atoms with E-state index in [2.05, 4.69) is 25.2 Å². The molecule has 3 nitrogen and oxygen atoms in total. The summed E-state index contributed by atoms with van der Waals surface area (Å²) in [6.07, 6.45) is 2.70. The first-order valence-electron chi connectivity index (χ1n) is 7.26. The molecule has 0 aliphatic carbocycles. The average molecular weight is 261 g/mol. The zero-order valence-electron chi connectivity index (χ0n) is 11.8. The molecule has 0 saturated carbocycles. The van der Waals surface area contributed by atoms with Crippen LogP contribution in [0.15, 0.2) is 18.2 Å². The van der Waals surface area contributed by atoms with Crippen molar-refractivity contribution < 1.29 is 9.84 Å². The summed E-state index contributed by atoms with van der Waals surface area (Å²) in [5.41, 5.74) is 2.17. The number of hydrogen-bond donors (Lipinski definition) is 2. The van der Waals surface area contributed by atoms with Crippen LogP contribution < -0.4 is 10.1 Å². The molecule has 2 aliphatic rings. The maximum atomic E-state index is 10.5. The molecular formula is C16H23NO2. The Labute approximate surface area is 115 Å². The van der Waals surface area contributed by atoms with E-state index in [4.69, 9.17) is 4.74 Å². The van der Waals surface area contributed by atoms with Crippen molar-refractivity contribution in [3.63, 3.8) is 0 Å². The maximum absolute atomic E-state index is 10.5. The van der Waals surface area contributed by atoms with Crippen molar-refractivity contribution in [1.82, 2.24) is 5.32 Å². The van der Waals surface area contributed by atoms with E-state index in [0.717, 1.165) is 43.7 Å². The minimum absolute atomic E-state index is 0.110. The highest BCUT2D eigenvalue weighted by Gasteiger charge is 2.31. The molecule has 1 unspecified atom stereocenters. The van der Waals surface area contributed by atoms with E-state index < -0.39 is 0 Å². The third-order valence-corrected chi connectivity index (χ3v) is 4.26. The Balaban J connectivity index is 1.79. The summed E-state index contributed by atoms with van der Waals surface area (Å²) in [6.45, 7) is 6.25. The molecule has 2 aliphatic heterocycles. The Morgan fingerprint density at radius 3 is 2.79 bits per heavy atom. The highest BCUT2D eigenvalue weighted by Crippen LogP contribution is 2.38. The number of hydrogen-bond acceptors (Lipinski definition) is 3. The Morgan fingerprint density at radius 1 is 1.32 bits per heavy atom. The summed E-state index contributed by atoms with van der Waals surface area (Å²) in [5.74, 6) is 1.36. The smallest absolute Gasteiger partial charge is 0.123 e. The number of rotatable bonds is 2. The standard InChI is InChI=1S/C16H23NO2/c1-16(2)10-13-9-12(3-4-14(13)19-16)15(18)11-5-7-17-8-6-11/h3-4,9,11,15,17-18H,5-8,10H2,1-2H3. The van der Waals surface area contributed by atoms with Gasteiger partial charge < -0.3 is 15.2 Å². The first kappa shape index (κ1) is 12.9. The molecule has 0 amide bonds. The molecule has 1 aromatic carbocycles. The summed E-state index contributed by atoms with van der Waals surface area (Å²) < 4.78 is 5.88. The molecule has 1 atom stereocenters. The largest absolute Gasteiger partial charge is 0.487 e. The lowest BCUT2D eigenvalue weighted by atomic mass is 9.87. The van der Waals surface area contributed by atoms with Crippen molar-refractivity contribution in [2.45, 2.75) is 44.8 Å². The molecule has 2 heterocycles. The predicted molar refractivity (Wildman–Crippen MR) is 75.4 cm³/mol. The topological polar surface area (TPSA) is 41.5 Å². The van der Waals surface area contributed by atoms with Gasteiger partial charge in [0, 0.05) is 6.42 Å². The van der Waals surface area contributed by atoms with E-state index in [-0.39, 0.29) is 11.7 Å². The normalized spacial score (nSPS) is 23.7. The van der Waals surface area contributed by atoms with Gasteiger partial charge >= 0.3 is 0 Å². The molecule has 104 valence electrons. The molecule has 1 saturated heterocycles. The summed E-state index contributed by atoms with van der Waals surface area (Å²) in [7, 11) is 0. The second-order valence-corrected chi connectivity index (χ2v) is 6.44. The monoisotopic (exact) mass is 261 g/mol. The van der Waals surface area contributed by atoms with Crippen molar-refractivity contribution >= 4 is 0 Å². The number of aliphatic hydroxyl groups is 1. The first-order chi connectivity index (χ1) is 9.05. The fourth-order valence-electron chi connectivity index (χ4n) is 3.25. The second kappa shape index (κ2) is 4.80. The number of fused-ring (bicyclic) bond motifs is 1. The summed E-state index contributed by atoms with van der Waals surface area (Å²) in [6, 6.07) is 6.17. The average Bonchev–Trinajstić information content (AvgIpc) is 2.71. The van der Waals surface area contributed by atoms with Crippen LogP contribution >= 0.6 is 0 Å². The molecule has 0 aromatic heterocycles. The quantitative estimate of drug-likeness (QED) is 0.859. The van der Waals surface area contributed by atoms with Crippen LogP contribution in [-0.2, 0) is 6.42 Å². The third-order valence-electron chi connectivity index (χ3n) is 4.26. The first-order valence-corrected chi connectivity index (χ1v) is 7.26. The molecule has 2 N–H and O–H groups in total. The van der Waals surface area contributed by atoms with E-state index in [0.29, 0.717) is 5.92 Å². The Bertz CT molecular complexity index is 464. The van der Waals surface area contributed by atoms with E-state index >= 15 is 0 Å². The minimum Gasteiger partial charge on any atom is -0.487 e. The van der Waals surface area contributed by atoms with Gasteiger partial charge in [-0.25, -0.2) is 0 Å². The van der Waals surface area contributed by atoms with Crippen molar-refractivity contribution in [3.8, 4) is 5.75 Å². The lowest BCUT2D eigenvalue weighted by Crippen LogP contribution is -2.30. The molecule has 3 rings (SSSR count). The summed E-state index contributed by atoms with van der Waals surface area (Å²) >= 11 is 0. The lowest BCUT2D eigenvalue weighted by molar-refractivity contribution is 0.0889. The van der Waals surface area contributed by atoms with Gasteiger partial charge in [-0.1, -0.05) is 6.07 Å². The second-order valence-electron chi connectivity index (χ2n) is 6.44. The van der Waals surface area contributed by atoms with Gasteiger partial charge in [-0.3, -0.25) is 0 Å². The molecule has 0 spiro atoms. The molecule has 0 radical (unpaired) electrons. The summed E-state index contributed by atoms with van der Waals surface area (Å²) in [4.78, 5) is 0. The van der Waals surface area contributed by atoms with Gasteiger partial charge in [0.05, 0.1) is 6.10 Å². The van der Waals surface area contributed by atoms with Crippen LogP contribution in [0.2, 0.25) is 0 Å². The SMILES string of the molecule is CC1(C)Cc2cc(C(O)C3CCNCC3)ccc2O1. The van der Waals surface area contributed by atoms with E-state index in [1.54, 1.807) is 0 Å². The van der Waals surface area contributed by atoms with Gasteiger partial charge in [-0.15, -0.1) is 0 Å². The number of benzene rings is 1. The Morgan fingerprint density at radius 2 is 2.05 bits per heavy atom. The number of nitrogens with one attached hydrogen (secondary N) is 1. The molecule has 1 fully saturated rings. The molecule has 19 heavy (non-hydrogen) atoms. The van der Waals surface area contributed by atoms with Gasteiger partial charge in [-0.2, -0.15) is 0 Å². The van der Waals surface area contributed by atoms with Crippen LogP contribution in [0, 0.1) is 5.92 Å². The fraction of sp³-hybridized carbons (Fsp3) is 0.625. The predicted octanol–water partition coefficient (Wildman–Crippen LogP) is 2.43. The number of ether oxygens (including phenoxy) is 1. The van der Waals surface area contributed by atoms with Crippen molar-refractivity contribution in [2.75, 3.05) is 13.1 Å². The van der Waals surface area contributed by atoms with Crippen LogP contribution in [-0.4, -0.2) is 23.8 Å². The molecule has 0 bridgehead atoms. The zero-order chi connectivity index (χ0) is 13.5. The number of aliphatic hydroxyl groups excluding tert-OH is 1. The van der Waals surface area contributed by atoms with Gasteiger partial charge in [-0.05, 0) is 69.0 Å². The maximum Gasteiger partial charge on any atom is 0.123 e.